The molecule has 4 heterocycles. The number of piperidine rings is 1. The lowest BCUT2D eigenvalue weighted by atomic mass is 9.82. The van der Waals surface area contributed by atoms with E-state index >= 15 is 0 Å². The molecule has 1 saturated carbocycles. The molecule has 186 valence electrons. The van der Waals surface area contributed by atoms with E-state index in [4.69, 9.17) is 9.72 Å². The van der Waals surface area contributed by atoms with Crippen LogP contribution in [-0.2, 0) is 4.74 Å². The molecule has 1 aliphatic carbocycles. The fourth-order valence-electron chi connectivity index (χ4n) is 5.88. The van der Waals surface area contributed by atoms with E-state index in [9.17, 15) is 9.90 Å². The van der Waals surface area contributed by atoms with Gasteiger partial charge in [-0.1, -0.05) is 13.3 Å². The first-order valence-electron chi connectivity index (χ1n) is 13.2. The normalized spacial score (nSPS) is 25.9. The second kappa shape index (κ2) is 10.3. The molecule has 1 unspecified atom stereocenters. The van der Waals surface area contributed by atoms with Gasteiger partial charge in [-0.05, 0) is 63.4 Å². The molecule has 5 rings (SSSR count). The average molecular weight is 470 g/mol. The number of hydrogen-bond donors (Lipinski definition) is 2. The Kier molecular flexibility index (Phi) is 7.18. The van der Waals surface area contributed by atoms with Crippen molar-refractivity contribution in [1.82, 2.24) is 19.4 Å². The van der Waals surface area contributed by atoms with Gasteiger partial charge in [0.25, 0.3) is 5.56 Å². The number of hydrogen-bond acceptors (Lipinski definition) is 7. The lowest BCUT2D eigenvalue weighted by Gasteiger charge is -2.41. The molecule has 3 aliphatic rings. The summed E-state index contributed by atoms with van der Waals surface area (Å²) in [6, 6.07) is 1.03. The molecule has 1 atom stereocenters. The minimum absolute atomic E-state index is 0.0215. The lowest BCUT2D eigenvalue weighted by Crippen LogP contribution is -2.52. The van der Waals surface area contributed by atoms with E-state index in [1.807, 2.05) is 4.57 Å². The van der Waals surface area contributed by atoms with E-state index in [0.717, 1.165) is 88.8 Å². The van der Waals surface area contributed by atoms with Crippen LogP contribution < -0.4 is 10.9 Å². The summed E-state index contributed by atoms with van der Waals surface area (Å²) >= 11 is 0. The molecule has 34 heavy (non-hydrogen) atoms. The smallest absolute Gasteiger partial charge is 0.261 e. The highest BCUT2D eigenvalue weighted by Crippen LogP contribution is 2.36. The third kappa shape index (κ3) is 4.86. The summed E-state index contributed by atoms with van der Waals surface area (Å²) in [5.41, 5.74) is 1.95. The third-order valence-electron chi connectivity index (χ3n) is 8.07. The molecule has 8 nitrogen and oxygen atoms in total. The number of aliphatic hydroxyl groups is 1. The Bertz CT molecular complexity index is 1040. The quantitative estimate of drug-likeness (QED) is 0.642. The maximum absolute atomic E-state index is 13.6. The highest BCUT2D eigenvalue weighted by molar-refractivity contribution is 5.81. The van der Waals surface area contributed by atoms with Crippen molar-refractivity contribution < 1.29 is 9.84 Å². The van der Waals surface area contributed by atoms with Gasteiger partial charge >= 0.3 is 0 Å². The molecular weight excluding hydrogens is 430 g/mol. The Labute approximate surface area is 201 Å². The number of rotatable bonds is 7. The van der Waals surface area contributed by atoms with Crippen molar-refractivity contribution in [2.45, 2.75) is 95.4 Å². The summed E-state index contributed by atoms with van der Waals surface area (Å²) in [7, 11) is 0. The summed E-state index contributed by atoms with van der Waals surface area (Å²) in [6.07, 6.45) is 11.1. The molecule has 2 N–H and O–H groups in total. The Hall–Kier alpha value is -2.03. The van der Waals surface area contributed by atoms with Crippen LogP contribution >= 0.6 is 0 Å². The lowest BCUT2D eigenvalue weighted by molar-refractivity contribution is -0.0732. The predicted octanol–water partition coefficient (Wildman–Crippen LogP) is 3.45. The summed E-state index contributed by atoms with van der Waals surface area (Å²) in [6.45, 7) is 7.99. The Morgan fingerprint density at radius 3 is 2.53 bits per heavy atom. The van der Waals surface area contributed by atoms with E-state index in [2.05, 4.69) is 35.2 Å². The number of nitrogens with zero attached hydrogens (tertiary/aromatic N) is 4. The second-order valence-corrected chi connectivity index (χ2v) is 10.6. The number of aromatic nitrogens is 3. The van der Waals surface area contributed by atoms with E-state index in [0.29, 0.717) is 23.3 Å². The van der Waals surface area contributed by atoms with Gasteiger partial charge in [-0.15, -0.1) is 0 Å². The number of aliphatic hydroxyl groups excluding tert-OH is 1. The Balaban J connectivity index is 1.48. The van der Waals surface area contributed by atoms with Crippen molar-refractivity contribution in [2.24, 2.45) is 0 Å². The maximum Gasteiger partial charge on any atom is 0.261 e. The van der Waals surface area contributed by atoms with Crippen molar-refractivity contribution in [2.75, 3.05) is 31.6 Å². The molecule has 0 radical (unpaired) electrons. The van der Waals surface area contributed by atoms with Crippen LogP contribution in [-0.4, -0.2) is 69.0 Å². The van der Waals surface area contributed by atoms with Gasteiger partial charge in [0.2, 0.25) is 5.95 Å². The van der Waals surface area contributed by atoms with E-state index in [-0.39, 0.29) is 23.7 Å². The van der Waals surface area contributed by atoms with Crippen LogP contribution in [0.5, 0.6) is 0 Å². The van der Waals surface area contributed by atoms with Gasteiger partial charge in [0, 0.05) is 37.6 Å². The number of ether oxygens (including phenoxy) is 1. The first kappa shape index (κ1) is 23.7. The van der Waals surface area contributed by atoms with E-state index in [1.54, 1.807) is 6.20 Å². The highest BCUT2D eigenvalue weighted by atomic mass is 16.5. The summed E-state index contributed by atoms with van der Waals surface area (Å²) < 4.78 is 7.35. The number of fused-ring (bicyclic) bond motifs is 1. The topological polar surface area (TPSA) is 92.5 Å². The maximum atomic E-state index is 13.6. The summed E-state index contributed by atoms with van der Waals surface area (Å²) in [5, 5.41) is 14.1. The van der Waals surface area contributed by atoms with E-state index < -0.39 is 0 Å². The molecule has 2 aromatic rings. The van der Waals surface area contributed by atoms with Gasteiger partial charge in [0.15, 0.2) is 0 Å². The first-order valence-corrected chi connectivity index (χ1v) is 13.2. The van der Waals surface area contributed by atoms with Crippen molar-refractivity contribution in [3.05, 3.63) is 28.3 Å². The standard InChI is InChI=1S/C26H39N5O3/c1-3-4-17(2)28-26-27-13-22-24(29-26)23(18-5-7-21(32)8-6-18)14-31(25(22)33)19-9-11-30(12-10-19)20-15-34-16-20/h13-14,17-21,32H,3-12,15-16H2,1-2H3,(H,27,28,29). The van der Waals surface area contributed by atoms with Gasteiger partial charge in [-0.25, -0.2) is 9.97 Å². The van der Waals surface area contributed by atoms with Crippen molar-refractivity contribution in [3.8, 4) is 0 Å². The van der Waals surface area contributed by atoms with Gasteiger partial charge in [-0.2, -0.15) is 0 Å². The molecule has 0 spiro atoms. The van der Waals surface area contributed by atoms with Crippen molar-refractivity contribution in [1.29, 1.82) is 0 Å². The zero-order valence-electron chi connectivity index (χ0n) is 20.6. The molecule has 3 fully saturated rings. The highest BCUT2D eigenvalue weighted by Gasteiger charge is 2.32. The molecular formula is C26H39N5O3. The van der Waals surface area contributed by atoms with Crippen LogP contribution in [0.3, 0.4) is 0 Å². The molecule has 2 aliphatic heterocycles. The number of pyridine rings is 1. The van der Waals surface area contributed by atoms with Crippen LogP contribution in [0, 0.1) is 0 Å². The molecule has 2 aromatic heterocycles. The predicted molar refractivity (Wildman–Crippen MR) is 133 cm³/mol. The zero-order valence-corrected chi connectivity index (χ0v) is 20.6. The second-order valence-electron chi connectivity index (χ2n) is 10.6. The summed E-state index contributed by atoms with van der Waals surface area (Å²) in [4.78, 5) is 25.5. The van der Waals surface area contributed by atoms with Crippen molar-refractivity contribution >= 4 is 16.9 Å². The Morgan fingerprint density at radius 1 is 1.15 bits per heavy atom. The van der Waals surface area contributed by atoms with Gasteiger partial charge in [0.05, 0.1) is 36.3 Å². The fraction of sp³-hybridized carbons (Fsp3) is 0.731. The largest absolute Gasteiger partial charge is 0.393 e. The van der Waals surface area contributed by atoms with E-state index in [1.165, 1.54) is 0 Å². The van der Waals surface area contributed by atoms with Crippen LogP contribution in [0.25, 0.3) is 10.9 Å². The fourth-order valence-corrected chi connectivity index (χ4v) is 5.88. The Morgan fingerprint density at radius 2 is 1.88 bits per heavy atom. The molecule has 0 bridgehead atoms. The molecule has 8 heteroatoms. The third-order valence-corrected chi connectivity index (χ3v) is 8.07. The van der Waals surface area contributed by atoms with Gasteiger partial charge in [-0.3, -0.25) is 9.69 Å². The average Bonchev–Trinajstić information content (AvgIpc) is 2.80. The van der Waals surface area contributed by atoms with Crippen LogP contribution in [0.4, 0.5) is 5.95 Å². The van der Waals surface area contributed by atoms with Crippen LogP contribution in [0.15, 0.2) is 17.2 Å². The first-order chi connectivity index (χ1) is 16.5. The summed E-state index contributed by atoms with van der Waals surface area (Å²) in [5.74, 6) is 0.902. The minimum Gasteiger partial charge on any atom is -0.393 e. The monoisotopic (exact) mass is 469 g/mol. The molecule has 2 saturated heterocycles. The minimum atomic E-state index is -0.213. The molecule has 0 amide bonds. The number of anilines is 1. The number of likely N-dealkylation sites (tertiary alicyclic amines) is 1. The van der Waals surface area contributed by atoms with Gasteiger partial charge in [0.1, 0.15) is 0 Å². The van der Waals surface area contributed by atoms with Crippen LogP contribution in [0.2, 0.25) is 0 Å². The van der Waals surface area contributed by atoms with Crippen LogP contribution in [0.1, 0.15) is 82.7 Å². The SMILES string of the molecule is CCCC(C)Nc1ncc2c(=O)n(C3CCN(C4COC4)CC3)cc(C3CCC(O)CC3)c2n1. The van der Waals surface area contributed by atoms with Crippen molar-refractivity contribution in [3.63, 3.8) is 0 Å². The zero-order chi connectivity index (χ0) is 23.7. The number of nitrogens with one attached hydrogen (secondary N) is 1. The van der Waals surface area contributed by atoms with Gasteiger partial charge < -0.3 is 19.7 Å². The molecule has 0 aromatic carbocycles.